The van der Waals surface area contributed by atoms with Crippen molar-refractivity contribution in [3.05, 3.63) is 34.1 Å². The minimum absolute atomic E-state index is 0.270. The summed E-state index contributed by atoms with van der Waals surface area (Å²) in [4.78, 5) is 30.9. The largest absolute Gasteiger partial charge is 0.465 e. The fourth-order valence-corrected chi connectivity index (χ4v) is 2.79. The van der Waals surface area contributed by atoms with Gasteiger partial charge in [-0.15, -0.1) is 0 Å². The first-order valence-corrected chi connectivity index (χ1v) is 7.74. The van der Waals surface area contributed by atoms with E-state index in [1.165, 1.54) is 13.2 Å². The molecule has 0 amide bonds. The second-order valence-corrected chi connectivity index (χ2v) is 5.71. The molecule has 0 radical (unpaired) electrons. The minimum Gasteiger partial charge on any atom is -0.465 e. The predicted molar refractivity (Wildman–Crippen MR) is 87.8 cm³/mol. The second kappa shape index (κ2) is 6.78. The van der Waals surface area contributed by atoms with Gasteiger partial charge in [-0.3, -0.25) is 9.78 Å². The van der Waals surface area contributed by atoms with E-state index in [-0.39, 0.29) is 5.56 Å². The first kappa shape index (κ1) is 15.5. The number of aromatic amines is 1. The number of anilines is 1. The zero-order chi connectivity index (χ0) is 16.2. The van der Waals surface area contributed by atoms with Crippen LogP contribution in [0.1, 0.15) is 23.2 Å². The number of carbonyl (C=O) groups is 1. The summed E-state index contributed by atoms with van der Waals surface area (Å²) in [7, 11) is 1.31. The number of carbonyl (C=O) groups excluding carboxylic acids is 1. The SMILES string of the molecule is COC(=O)c1ccc2nc(NCC3CCNCC3)[nH]c(=O)c2c1. The van der Waals surface area contributed by atoms with Gasteiger partial charge in [0.15, 0.2) is 0 Å². The number of methoxy groups -OCH3 is 1. The molecule has 0 spiro atoms. The number of ether oxygens (including phenoxy) is 1. The van der Waals surface area contributed by atoms with Crippen molar-refractivity contribution in [2.45, 2.75) is 12.8 Å². The predicted octanol–water partition coefficient (Wildman–Crippen LogP) is 1.12. The van der Waals surface area contributed by atoms with Gasteiger partial charge in [-0.2, -0.15) is 0 Å². The molecule has 122 valence electrons. The third-order valence-electron chi connectivity index (χ3n) is 4.14. The van der Waals surface area contributed by atoms with Crippen molar-refractivity contribution in [2.75, 3.05) is 32.1 Å². The number of piperidine rings is 1. The van der Waals surface area contributed by atoms with Crippen LogP contribution in [0.15, 0.2) is 23.0 Å². The first-order valence-electron chi connectivity index (χ1n) is 7.74. The van der Waals surface area contributed by atoms with Crippen molar-refractivity contribution >= 4 is 22.8 Å². The summed E-state index contributed by atoms with van der Waals surface area (Å²) in [6.45, 7) is 2.85. The fourth-order valence-electron chi connectivity index (χ4n) is 2.79. The second-order valence-electron chi connectivity index (χ2n) is 5.71. The zero-order valence-electron chi connectivity index (χ0n) is 13.0. The molecule has 0 saturated carbocycles. The summed E-state index contributed by atoms with van der Waals surface area (Å²) in [5.74, 6) is 0.574. The first-order chi connectivity index (χ1) is 11.2. The average molecular weight is 316 g/mol. The topological polar surface area (TPSA) is 96.1 Å². The van der Waals surface area contributed by atoms with E-state index in [1.807, 2.05) is 0 Å². The Kier molecular flexibility index (Phi) is 4.57. The third kappa shape index (κ3) is 3.50. The van der Waals surface area contributed by atoms with Gasteiger partial charge >= 0.3 is 5.97 Å². The Morgan fingerprint density at radius 3 is 2.91 bits per heavy atom. The summed E-state index contributed by atoms with van der Waals surface area (Å²) in [6.07, 6.45) is 2.24. The van der Waals surface area contributed by atoms with Gasteiger partial charge < -0.3 is 15.4 Å². The van der Waals surface area contributed by atoms with Crippen LogP contribution in [0.3, 0.4) is 0 Å². The zero-order valence-corrected chi connectivity index (χ0v) is 13.0. The summed E-state index contributed by atoms with van der Waals surface area (Å²) in [5, 5.41) is 6.91. The molecular formula is C16H20N4O3. The van der Waals surface area contributed by atoms with Crippen molar-refractivity contribution in [1.29, 1.82) is 0 Å². The van der Waals surface area contributed by atoms with Gasteiger partial charge in [0.25, 0.3) is 5.56 Å². The maximum Gasteiger partial charge on any atom is 0.337 e. The molecule has 0 atom stereocenters. The molecule has 1 aliphatic heterocycles. The molecule has 1 aromatic carbocycles. The highest BCUT2D eigenvalue weighted by Gasteiger charge is 2.14. The highest BCUT2D eigenvalue weighted by atomic mass is 16.5. The van der Waals surface area contributed by atoms with Crippen LogP contribution in [0, 0.1) is 5.92 Å². The molecule has 3 N–H and O–H groups in total. The Hall–Kier alpha value is -2.41. The number of benzene rings is 1. The van der Waals surface area contributed by atoms with Crippen LogP contribution in [-0.2, 0) is 4.74 Å². The summed E-state index contributed by atoms with van der Waals surface area (Å²) in [5.41, 5.74) is 0.616. The van der Waals surface area contributed by atoms with E-state index in [2.05, 4.69) is 25.3 Å². The van der Waals surface area contributed by atoms with Crippen LogP contribution >= 0.6 is 0 Å². The van der Waals surface area contributed by atoms with E-state index >= 15 is 0 Å². The number of aromatic nitrogens is 2. The van der Waals surface area contributed by atoms with E-state index in [0.29, 0.717) is 28.3 Å². The Bertz CT molecular complexity index is 765. The molecule has 3 rings (SSSR count). The van der Waals surface area contributed by atoms with Gasteiger partial charge in [-0.1, -0.05) is 0 Å². The van der Waals surface area contributed by atoms with Crippen molar-refractivity contribution in [3.8, 4) is 0 Å². The van der Waals surface area contributed by atoms with Gasteiger partial charge in [0.2, 0.25) is 5.95 Å². The minimum atomic E-state index is -0.473. The number of H-pyrrole nitrogens is 1. The summed E-state index contributed by atoms with van der Waals surface area (Å²) >= 11 is 0. The molecule has 0 aliphatic carbocycles. The number of esters is 1. The number of fused-ring (bicyclic) bond motifs is 1. The summed E-state index contributed by atoms with van der Waals surface area (Å²) in [6, 6.07) is 4.77. The highest BCUT2D eigenvalue weighted by molar-refractivity contribution is 5.94. The van der Waals surface area contributed by atoms with Crippen molar-refractivity contribution < 1.29 is 9.53 Å². The number of nitrogens with one attached hydrogen (secondary N) is 3. The fraction of sp³-hybridized carbons (Fsp3) is 0.438. The molecule has 1 saturated heterocycles. The highest BCUT2D eigenvalue weighted by Crippen LogP contribution is 2.15. The van der Waals surface area contributed by atoms with E-state index in [0.717, 1.165) is 32.5 Å². The van der Waals surface area contributed by atoms with E-state index in [9.17, 15) is 9.59 Å². The van der Waals surface area contributed by atoms with Crippen molar-refractivity contribution in [3.63, 3.8) is 0 Å². The number of nitrogens with zero attached hydrogens (tertiary/aromatic N) is 1. The molecule has 7 nitrogen and oxygen atoms in total. The molecule has 0 unspecified atom stereocenters. The Labute approximate surface area is 133 Å². The monoisotopic (exact) mass is 316 g/mol. The van der Waals surface area contributed by atoms with Crippen LogP contribution in [0.4, 0.5) is 5.95 Å². The van der Waals surface area contributed by atoms with Crippen LogP contribution in [0.2, 0.25) is 0 Å². The van der Waals surface area contributed by atoms with Gasteiger partial charge in [-0.25, -0.2) is 9.78 Å². The van der Waals surface area contributed by atoms with Crippen molar-refractivity contribution in [1.82, 2.24) is 15.3 Å². The van der Waals surface area contributed by atoms with Crippen LogP contribution in [-0.4, -0.2) is 42.7 Å². The smallest absolute Gasteiger partial charge is 0.337 e. The van der Waals surface area contributed by atoms with E-state index in [1.54, 1.807) is 12.1 Å². The van der Waals surface area contributed by atoms with Gasteiger partial charge in [0.05, 0.1) is 23.6 Å². The lowest BCUT2D eigenvalue weighted by molar-refractivity contribution is 0.0601. The Morgan fingerprint density at radius 1 is 1.39 bits per heavy atom. The molecule has 2 heterocycles. The van der Waals surface area contributed by atoms with E-state index in [4.69, 9.17) is 0 Å². The lowest BCUT2D eigenvalue weighted by atomic mass is 9.98. The number of hydrogen-bond acceptors (Lipinski definition) is 6. The molecule has 1 fully saturated rings. The average Bonchev–Trinajstić information content (AvgIpc) is 2.60. The van der Waals surface area contributed by atoms with Gasteiger partial charge in [0.1, 0.15) is 0 Å². The normalized spacial score (nSPS) is 15.5. The summed E-state index contributed by atoms with van der Waals surface area (Å²) < 4.78 is 4.67. The molecule has 1 aromatic heterocycles. The molecule has 23 heavy (non-hydrogen) atoms. The number of rotatable bonds is 4. The molecule has 0 bridgehead atoms. The number of hydrogen-bond donors (Lipinski definition) is 3. The molecule has 1 aliphatic rings. The Morgan fingerprint density at radius 2 is 2.17 bits per heavy atom. The van der Waals surface area contributed by atoms with Gasteiger partial charge in [0, 0.05) is 6.54 Å². The maximum absolute atomic E-state index is 12.2. The molecule has 7 heteroatoms. The lowest BCUT2D eigenvalue weighted by Crippen LogP contribution is -2.31. The van der Waals surface area contributed by atoms with Gasteiger partial charge in [-0.05, 0) is 50.0 Å². The maximum atomic E-state index is 12.2. The Balaban J connectivity index is 1.80. The van der Waals surface area contributed by atoms with Crippen LogP contribution in [0.5, 0.6) is 0 Å². The van der Waals surface area contributed by atoms with Crippen molar-refractivity contribution in [2.24, 2.45) is 5.92 Å². The van der Waals surface area contributed by atoms with E-state index < -0.39 is 5.97 Å². The molecular weight excluding hydrogens is 296 g/mol. The molecule has 2 aromatic rings. The van der Waals surface area contributed by atoms with Crippen LogP contribution < -0.4 is 16.2 Å². The standard InChI is InChI=1S/C16H20N4O3/c1-23-15(22)11-2-3-13-12(8-11)14(21)20-16(19-13)18-9-10-4-6-17-7-5-10/h2-3,8,10,17H,4-7,9H2,1H3,(H2,18,19,20,21). The third-order valence-corrected chi connectivity index (χ3v) is 4.14. The quantitative estimate of drug-likeness (QED) is 0.732. The van der Waals surface area contributed by atoms with Crippen LogP contribution in [0.25, 0.3) is 10.9 Å². The lowest BCUT2D eigenvalue weighted by Gasteiger charge is -2.22.